The third kappa shape index (κ3) is 5.48. The second-order valence-electron chi connectivity index (χ2n) is 10.2. The topological polar surface area (TPSA) is 116 Å². The van der Waals surface area contributed by atoms with E-state index in [1.54, 1.807) is 30.7 Å². The average molecular weight is 541 g/mol. The second-order valence-corrected chi connectivity index (χ2v) is 12.9. The van der Waals surface area contributed by atoms with Gasteiger partial charge in [0.2, 0.25) is 0 Å². The number of aromatic amines is 1. The zero-order valence-corrected chi connectivity index (χ0v) is 22.7. The molecule has 3 atom stereocenters. The summed E-state index contributed by atoms with van der Waals surface area (Å²) in [6.45, 7) is 4.56. The van der Waals surface area contributed by atoms with Gasteiger partial charge in [-0.2, -0.15) is 5.26 Å². The fourth-order valence-corrected chi connectivity index (χ4v) is 6.43. The maximum absolute atomic E-state index is 14.2. The number of imidazole rings is 1. The number of hydrogen-bond donors (Lipinski definition) is 2. The molecule has 0 aliphatic carbocycles. The van der Waals surface area contributed by atoms with E-state index in [1.807, 2.05) is 30.3 Å². The zero-order chi connectivity index (χ0) is 26.8. The molecule has 2 aromatic carbocycles. The number of amides is 1. The van der Waals surface area contributed by atoms with Crippen LogP contribution in [-0.2, 0) is 20.0 Å². The summed E-state index contributed by atoms with van der Waals surface area (Å²) in [5.41, 5.74) is 2.37. The van der Waals surface area contributed by atoms with Crippen LogP contribution in [0, 0.1) is 11.3 Å². The Kier molecular flexibility index (Phi) is 7.58. The van der Waals surface area contributed by atoms with Gasteiger partial charge in [0.15, 0.2) is 6.04 Å². The van der Waals surface area contributed by atoms with E-state index in [-0.39, 0.29) is 28.7 Å². The molecule has 10 heteroatoms. The van der Waals surface area contributed by atoms with E-state index < -0.39 is 21.3 Å². The lowest BCUT2D eigenvalue weighted by atomic mass is 9.73. The summed E-state index contributed by atoms with van der Waals surface area (Å²) in [6.07, 6.45) is 4.93. The second kappa shape index (κ2) is 10.4. The number of nitrogens with zero attached hydrogens (tertiary/aromatic N) is 3. The van der Waals surface area contributed by atoms with Crippen molar-refractivity contribution in [1.29, 1.82) is 5.26 Å². The molecular formula is C27H31ClN5O3S+. The number of rotatable bonds is 8. The van der Waals surface area contributed by atoms with Gasteiger partial charge in [-0.05, 0) is 50.1 Å². The van der Waals surface area contributed by atoms with Crippen molar-refractivity contribution in [3.05, 3.63) is 82.9 Å². The van der Waals surface area contributed by atoms with E-state index in [4.69, 9.17) is 11.6 Å². The Bertz CT molecular complexity index is 1410. The first-order valence-electron chi connectivity index (χ1n) is 12.0. The van der Waals surface area contributed by atoms with E-state index in [2.05, 4.69) is 35.2 Å². The number of carbonyl (C=O) groups excluding carboxylic acids is 1. The predicted molar refractivity (Wildman–Crippen MR) is 145 cm³/mol. The van der Waals surface area contributed by atoms with Crippen LogP contribution < -0.4 is 9.80 Å². The summed E-state index contributed by atoms with van der Waals surface area (Å²) in [4.78, 5) is 21.7. The average Bonchev–Trinajstić information content (AvgIpc) is 3.38. The van der Waals surface area contributed by atoms with Gasteiger partial charge in [-0.15, -0.1) is 0 Å². The lowest BCUT2D eigenvalue weighted by molar-refractivity contribution is -0.136. The van der Waals surface area contributed by atoms with Crippen molar-refractivity contribution in [2.75, 3.05) is 25.1 Å². The maximum atomic E-state index is 14.2. The number of aromatic nitrogens is 2. The molecule has 1 amide bonds. The number of hydrogen-bond acceptors (Lipinski definition) is 6. The summed E-state index contributed by atoms with van der Waals surface area (Å²) in [6, 6.07) is 16.2. The highest BCUT2D eigenvalue weighted by Gasteiger charge is 2.57. The van der Waals surface area contributed by atoms with Crippen molar-refractivity contribution < 1.29 is 13.2 Å². The third-order valence-electron chi connectivity index (χ3n) is 7.30. The fourth-order valence-electron chi connectivity index (χ4n) is 5.53. The lowest BCUT2D eigenvalue weighted by Crippen LogP contribution is -2.71. The van der Waals surface area contributed by atoms with Gasteiger partial charge in [0.25, 0.3) is 0 Å². The van der Waals surface area contributed by atoms with Gasteiger partial charge in [-0.3, -0.25) is 5.32 Å². The molecule has 4 rings (SSSR count). The fraction of sp³-hybridized carbons (Fsp3) is 0.370. The number of nitrogens with one attached hydrogen (secondary N) is 2. The van der Waals surface area contributed by atoms with Crippen molar-refractivity contribution in [3.63, 3.8) is 0 Å². The Hall–Kier alpha value is -3.03. The summed E-state index contributed by atoms with van der Waals surface area (Å²) >= 11 is 6.46. The van der Waals surface area contributed by atoms with E-state index in [9.17, 15) is 18.5 Å². The zero-order valence-electron chi connectivity index (χ0n) is 21.1. The van der Waals surface area contributed by atoms with E-state index in [1.165, 1.54) is 6.26 Å². The standard InChI is InChI=1S/C27H31ClN5O3S/c1-27(2,20-9-7-19(14-29)8-10-20)26(24-15-30-18-32-24)33(23-6-4-5-21(28)13-23)17-22(31-16-25(33)34)11-12-37(3,35)36/h4-10,13,15,18,22,26,31H,11-12,16-17H2,1-3H3,(H,30,32)/q+1/t22-,26?,33?/m0/s1. The Balaban J connectivity index is 1.94. The Morgan fingerprint density at radius 3 is 2.57 bits per heavy atom. The Morgan fingerprint density at radius 2 is 1.97 bits per heavy atom. The number of benzene rings is 2. The number of H-pyrrole nitrogens is 1. The molecule has 37 heavy (non-hydrogen) atoms. The number of quaternary nitrogens is 1. The van der Waals surface area contributed by atoms with Crippen LogP contribution >= 0.6 is 11.6 Å². The van der Waals surface area contributed by atoms with Crippen LogP contribution in [0.15, 0.2) is 61.1 Å². The quantitative estimate of drug-likeness (QED) is 0.419. The first-order valence-corrected chi connectivity index (χ1v) is 14.5. The molecule has 8 nitrogen and oxygen atoms in total. The normalized spacial score (nSPS) is 21.4. The van der Waals surface area contributed by atoms with Crippen molar-refractivity contribution in [2.45, 2.75) is 37.8 Å². The highest BCUT2D eigenvalue weighted by molar-refractivity contribution is 7.90. The first kappa shape index (κ1) is 27.0. The molecule has 2 heterocycles. The van der Waals surface area contributed by atoms with Gasteiger partial charge in [0.05, 0.1) is 41.6 Å². The smallest absolute Gasteiger partial charge is 0.333 e. The minimum atomic E-state index is -3.18. The minimum absolute atomic E-state index is 0.0160. The molecule has 0 spiro atoms. The van der Waals surface area contributed by atoms with Crippen LogP contribution in [-0.4, -0.2) is 55.4 Å². The molecule has 2 N–H and O–H groups in total. The molecule has 0 radical (unpaired) electrons. The van der Waals surface area contributed by atoms with Crippen LogP contribution in [0.5, 0.6) is 0 Å². The summed E-state index contributed by atoms with van der Waals surface area (Å²) in [5.74, 6) is -0.0403. The molecule has 3 aromatic rings. The van der Waals surface area contributed by atoms with Crippen molar-refractivity contribution in [1.82, 2.24) is 19.8 Å². The Labute approximate surface area is 222 Å². The molecule has 1 aliphatic rings. The van der Waals surface area contributed by atoms with E-state index in [0.717, 1.165) is 16.9 Å². The van der Waals surface area contributed by atoms with Crippen LogP contribution in [0.2, 0.25) is 5.02 Å². The van der Waals surface area contributed by atoms with Gasteiger partial charge in [-0.25, -0.2) is 22.7 Å². The number of piperazine rings is 1. The molecule has 2 unspecified atom stereocenters. The van der Waals surface area contributed by atoms with Crippen LogP contribution in [0.1, 0.15) is 43.1 Å². The largest absolute Gasteiger partial charge is 0.344 e. The number of halogens is 1. The molecule has 1 aliphatic heterocycles. The first-order chi connectivity index (χ1) is 17.5. The molecule has 1 aromatic heterocycles. The van der Waals surface area contributed by atoms with Gasteiger partial charge in [0.1, 0.15) is 28.6 Å². The monoisotopic (exact) mass is 540 g/mol. The van der Waals surface area contributed by atoms with Crippen LogP contribution in [0.25, 0.3) is 0 Å². The van der Waals surface area contributed by atoms with Gasteiger partial charge < -0.3 is 4.98 Å². The molecule has 0 saturated carbocycles. The molecule has 1 saturated heterocycles. The van der Waals surface area contributed by atoms with E-state index in [0.29, 0.717) is 23.6 Å². The van der Waals surface area contributed by atoms with Crippen LogP contribution in [0.3, 0.4) is 0 Å². The maximum Gasteiger partial charge on any atom is 0.333 e. The molecule has 194 valence electrons. The Morgan fingerprint density at radius 1 is 1.24 bits per heavy atom. The SMILES string of the molecule is CC(C)(c1ccc(C#N)cc1)C(c1cnc[nH]1)[N+]1(c2cccc(Cl)c2)C[C@H](CCS(C)(=O)=O)NCC1=O. The summed E-state index contributed by atoms with van der Waals surface area (Å²) in [5, 5.41) is 13.1. The molecular weight excluding hydrogens is 510 g/mol. The summed E-state index contributed by atoms with van der Waals surface area (Å²) < 4.78 is 23.9. The number of carbonyl (C=O) groups is 1. The van der Waals surface area contributed by atoms with Crippen molar-refractivity contribution in [3.8, 4) is 6.07 Å². The minimum Gasteiger partial charge on any atom is -0.344 e. The molecule has 1 fully saturated rings. The number of sulfone groups is 1. The van der Waals surface area contributed by atoms with Gasteiger partial charge in [0, 0.05) is 22.8 Å². The summed E-state index contributed by atoms with van der Waals surface area (Å²) in [7, 11) is -3.18. The molecule has 0 bridgehead atoms. The lowest BCUT2D eigenvalue weighted by Gasteiger charge is -2.51. The highest BCUT2D eigenvalue weighted by Crippen LogP contribution is 2.48. The number of nitriles is 1. The van der Waals surface area contributed by atoms with E-state index >= 15 is 0 Å². The van der Waals surface area contributed by atoms with Gasteiger partial charge in [-0.1, -0.05) is 29.8 Å². The van der Waals surface area contributed by atoms with Gasteiger partial charge >= 0.3 is 5.91 Å². The highest BCUT2D eigenvalue weighted by atomic mass is 35.5. The third-order valence-corrected chi connectivity index (χ3v) is 8.51. The predicted octanol–water partition coefficient (Wildman–Crippen LogP) is 3.89. The van der Waals surface area contributed by atoms with Crippen LogP contribution in [0.4, 0.5) is 5.69 Å². The van der Waals surface area contributed by atoms with Crippen molar-refractivity contribution in [2.24, 2.45) is 0 Å². The van der Waals surface area contributed by atoms with Crippen molar-refractivity contribution >= 4 is 33.0 Å².